The predicted molar refractivity (Wildman–Crippen MR) is 136 cm³/mol. The Morgan fingerprint density at radius 1 is 0.970 bits per heavy atom. The zero-order valence-corrected chi connectivity index (χ0v) is 20.3. The van der Waals surface area contributed by atoms with E-state index < -0.39 is 0 Å². The molecule has 1 atom stereocenters. The number of benzene rings is 3. The van der Waals surface area contributed by atoms with Crippen LogP contribution in [0.25, 0.3) is 11.4 Å². The number of anilines is 1. The van der Waals surface area contributed by atoms with Gasteiger partial charge in [-0.25, -0.2) is 0 Å². The van der Waals surface area contributed by atoms with E-state index in [4.69, 9.17) is 11.6 Å². The lowest BCUT2D eigenvalue weighted by Crippen LogP contribution is -2.24. The first kappa shape index (κ1) is 23.1. The molecule has 0 saturated carbocycles. The van der Waals surface area contributed by atoms with Gasteiger partial charge in [-0.2, -0.15) is 0 Å². The summed E-state index contributed by atoms with van der Waals surface area (Å²) in [6.45, 7) is 6.47. The maximum Gasteiger partial charge on any atom is 0.237 e. The van der Waals surface area contributed by atoms with Crippen molar-refractivity contribution in [2.24, 2.45) is 0 Å². The molecule has 0 aliphatic carbocycles. The van der Waals surface area contributed by atoms with E-state index >= 15 is 0 Å². The van der Waals surface area contributed by atoms with Crippen molar-refractivity contribution in [3.05, 3.63) is 94.5 Å². The van der Waals surface area contributed by atoms with Crippen LogP contribution in [0.1, 0.15) is 23.6 Å². The Morgan fingerprint density at radius 3 is 2.30 bits per heavy atom. The topological polar surface area (TPSA) is 59.8 Å². The van der Waals surface area contributed by atoms with Gasteiger partial charge in [0.15, 0.2) is 11.0 Å². The number of hydrogen-bond acceptors (Lipinski definition) is 4. The molecule has 0 spiro atoms. The lowest BCUT2D eigenvalue weighted by molar-refractivity contribution is -0.115. The Labute approximate surface area is 203 Å². The van der Waals surface area contributed by atoms with Crippen molar-refractivity contribution in [3.8, 4) is 11.4 Å². The third kappa shape index (κ3) is 5.46. The van der Waals surface area contributed by atoms with Gasteiger partial charge in [0, 0.05) is 16.3 Å². The van der Waals surface area contributed by atoms with E-state index in [0.29, 0.717) is 16.7 Å². The number of aromatic nitrogens is 3. The Bertz CT molecular complexity index is 1240. The molecule has 4 rings (SSSR count). The average molecular weight is 477 g/mol. The van der Waals surface area contributed by atoms with Gasteiger partial charge in [0.05, 0.1) is 11.8 Å². The molecule has 1 amide bonds. The van der Waals surface area contributed by atoms with Crippen molar-refractivity contribution >= 4 is 35.0 Å². The summed E-state index contributed by atoms with van der Waals surface area (Å²) in [6, 6.07) is 23.7. The summed E-state index contributed by atoms with van der Waals surface area (Å²) in [6.07, 6.45) is 0. The standard InChI is InChI=1S/C26H25ClN4OS/c1-17-8-7-9-18(2)23(17)28-25(32)19(3)33-26-30-29-24(21-12-14-22(27)15-13-21)31(26)16-20-10-5-4-6-11-20/h4-15,19H,16H2,1-3H3,(H,28,32). The molecule has 0 aliphatic heterocycles. The maximum atomic E-state index is 13.0. The lowest BCUT2D eigenvalue weighted by Gasteiger charge is -2.16. The first-order chi connectivity index (χ1) is 15.9. The average Bonchev–Trinajstić information content (AvgIpc) is 3.19. The van der Waals surface area contributed by atoms with Gasteiger partial charge in [-0.05, 0) is 61.7 Å². The number of hydrogen-bond donors (Lipinski definition) is 1. The number of carbonyl (C=O) groups is 1. The van der Waals surface area contributed by atoms with Gasteiger partial charge >= 0.3 is 0 Å². The van der Waals surface area contributed by atoms with Crippen LogP contribution >= 0.6 is 23.4 Å². The number of thioether (sulfide) groups is 1. The van der Waals surface area contributed by atoms with Gasteiger partial charge in [0.25, 0.3) is 0 Å². The van der Waals surface area contributed by atoms with Crippen molar-refractivity contribution in [1.29, 1.82) is 0 Å². The Hall–Kier alpha value is -3.09. The second-order valence-corrected chi connectivity index (χ2v) is 9.65. The molecule has 5 nitrogen and oxygen atoms in total. The minimum Gasteiger partial charge on any atom is -0.325 e. The molecule has 0 aliphatic rings. The molecule has 1 N–H and O–H groups in total. The van der Waals surface area contributed by atoms with E-state index in [-0.39, 0.29) is 11.2 Å². The number of amides is 1. The zero-order valence-electron chi connectivity index (χ0n) is 18.7. The summed E-state index contributed by atoms with van der Waals surface area (Å²) in [4.78, 5) is 13.0. The molecule has 0 saturated heterocycles. The Morgan fingerprint density at radius 2 is 1.64 bits per heavy atom. The molecule has 33 heavy (non-hydrogen) atoms. The van der Waals surface area contributed by atoms with E-state index in [9.17, 15) is 4.79 Å². The number of para-hydroxylation sites is 1. The smallest absolute Gasteiger partial charge is 0.237 e. The second-order valence-electron chi connectivity index (χ2n) is 7.90. The highest BCUT2D eigenvalue weighted by atomic mass is 35.5. The number of carbonyl (C=O) groups excluding carboxylic acids is 1. The first-order valence-electron chi connectivity index (χ1n) is 10.7. The molecule has 4 aromatic rings. The van der Waals surface area contributed by atoms with Gasteiger partial charge in [-0.1, -0.05) is 71.9 Å². The highest BCUT2D eigenvalue weighted by Gasteiger charge is 2.22. The molecule has 0 radical (unpaired) electrons. The number of halogens is 1. The van der Waals surface area contributed by atoms with Crippen LogP contribution in [-0.4, -0.2) is 25.9 Å². The van der Waals surface area contributed by atoms with E-state index in [2.05, 4.69) is 27.6 Å². The molecule has 1 unspecified atom stereocenters. The number of aryl methyl sites for hydroxylation is 2. The van der Waals surface area contributed by atoms with E-state index in [0.717, 1.165) is 33.8 Å². The molecular weight excluding hydrogens is 452 g/mol. The number of nitrogens with zero attached hydrogens (tertiary/aromatic N) is 3. The van der Waals surface area contributed by atoms with Gasteiger partial charge < -0.3 is 5.32 Å². The third-order valence-electron chi connectivity index (χ3n) is 5.38. The molecule has 168 valence electrons. The van der Waals surface area contributed by atoms with Crippen LogP contribution in [0.3, 0.4) is 0 Å². The Balaban J connectivity index is 1.61. The molecule has 0 bridgehead atoms. The van der Waals surface area contributed by atoms with Crippen molar-refractivity contribution in [2.45, 2.75) is 37.7 Å². The minimum absolute atomic E-state index is 0.0697. The number of rotatable bonds is 7. The molecule has 7 heteroatoms. The highest BCUT2D eigenvalue weighted by molar-refractivity contribution is 8.00. The van der Waals surface area contributed by atoms with E-state index in [1.807, 2.05) is 86.0 Å². The van der Waals surface area contributed by atoms with E-state index in [1.165, 1.54) is 11.8 Å². The van der Waals surface area contributed by atoms with E-state index in [1.54, 1.807) is 0 Å². The van der Waals surface area contributed by atoms with Crippen LogP contribution < -0.4 is 5.32 Å². The fourth-order valence-electron chi connectivity index (χ4n) is 3.55. The van der Waals surface area contributed by atoms with Crippen LogP contribution in [0.5, 0.6) is 0 Å². The van der Waals surface area contributed by atoms with Crippen molar-refractivity contribution in [1.82, 2.24) is 14.8 Å². The molecule has 1 heterocycles. The van der Waals surface area contributed by atoms with Crippen LogP contribution in [0.15, 0.2) is 78.0 Å². The molecule has 0 fully saturated rings. The molecular formula is C26H25ClN4OS. The largest absolute Gasteiger partial charge is 0.325 e. The summed E-state index contributed by atoms with van der Waals surface area (Å²) in [5.74, 6) is 0.667. The van der Waals surface area contributed by atoms with Crippen molar-refractivity contribution < 1.29 is 4.79 Å². The molecule has 1 aromatic heterocycles. The summed E-state index contributed by atoms with van der Waals surface area (Å²) in [5.41, 5.74) is 4.99. The minimum atomic E-state index is -0.360. The predicted octanol–water partition coefficient (Wildman–Crippen LogP) is 6.38. The van der Waals surface area contributed by atoms with Crippen molar-refractivity contribution in [3.63, 3.8) is 0 Å². The summed E-state index contributed by atoms with van der Waals surface area (Å²) in [7, 11) is 0. The normalized spacial score (nSPS) is 11.9. The van der Waals surface area contributed by atoms with Crippen LogP contribution in [0.4, 0.5) is 5.69 Å². The quantitative estimate of drug-likeness (QED) is 0.314. The van der Waals surface area contributed by atoms with Gasteiger partial charge in [0.1, 0.15) is 0 Å². The SMILES string of the molecule is Cc1cccc(C)c1NC(=O)C(C)Sc1nnc(-c2ccc(Cl)cc2)n1Cc1ccccc1. The van der Waals surface area contributed by atoms with Gasteiger partial charge in [0.2, 0.25) is 5.91 Å². The monoisotopic (exact) mass is 476 g/mol. The third-order valence-corrected chi connectivity index (χ3v) is 6.72. The maximum absolute atomic E-state index is 13.0. The first-order valence-corrected chi connectivity index (χ1v) is 11.9. The summed E-state index contributed by atoms with van der Waals surface area (Å²) >= 11 is 7.47. The van der Waals surface area contributed by atoms with Crippen LogP contribution in [0, 0.1) is 13.8 Å². The summed E-state index contributed by atoms with van der Waals surface area (Å²) in [5, 5.41) is 13.0. The summed E-state index contributed by atoms with van der Waals surface area (Å²) < 4.78 is 2.05. The van der Waals surface area contributed by atoms with Crippen LogP contribution in [-0.2, 0) is 11.3 Å². The lowest BCUT2D eigenvalue weighted by atomic mass is 10.1. The molecule has 3 aromatic carbocycles. The fraction of sp³-hybridized carbons (Fsp3) is 0.192. The van der Waals surface area contributed by atoms with Crippen LogP contribution in [0.2, 0.25) is 5.02 Å². The Kier molecular flexibility index (Phi) is 7.16. The van der Waals surface area contributed by atoms with Gasteiger partial charge in [-0.3, -0.25) is 9.36 Å². The van der Waals surface area contributed by atoms with Crippen molar-refractivity contribution in [2.75, 3.05) is 5.32 Å². The number of nitrogens with one attached hydrogen (secondary N) is 1. The zero-order chi connectivity index (χ0) is 23.4. The highest BCUT2D eigenvalue weighted by Crippen LogP contribution is 2.29. The van der Waals surface area contributed by atoms with Gasteiger partial charge in [-0.15, -0.1) is 10.2 Å². The second kappa shape index (κ2) is 10.2. The fourth-order valence-corrected chi connectivity index (χ4v) is 4.52.